The summed E-state index contributed by atoms with van der Waals surface area (Å²) in [5.74, 6) is -2.09. The van der Waals surface area contributed by atoms with Crippen LogP contribution in [-0.4, -0.2) is 30.4 Å². The topological polar surface area (TPSA) is 96.0 Å². The number of anilines is 3. The molecule has 1 N–H and O–H groups in total. The molecule has 0 spiro atoms. The van der Waals surface area contributed by atoms with Gasteiger partial charge in [-0.2, -0.15) is 0 Å². The van der Waals surface area contributed by atoms with Crippen LogP contribution in [0.25, 0.3) is 6.08 Å². The third-order valence-electron chi connectivity index (χ3n) is 6.11. The van der Waals surface area contributed by atoms with E-state index in [9.17, 15) is 19.2 Å². The fraction of sp³-hybridized carbons (Fsp3) is 0.0323. The van der Waals surface area contributed by atoms with Crippen molar-refractivity contribution in [2.75, 3.05) is 21.7 Å². The predicted octanol–water partition coefficient (Wildman–Crippen LogP) is 7.25. The molecule has 0 radical (unpaired) electrons. The maximum absolute atomic E-state index is 13.6. The highest BCUT2D eigenvalue weighted by Gasteiger charge is 2.43. The number of nitrogens with one attached hydrogen (secondary N) is 1. The Morgan fingerprint density at radius 3 is 1.74 bits per heavy atom. The first kappa shape index (κ1) is 28.9. The van der Waals surface area contributed by atoms with Crippen molar-refractivity contribution in [3.05, 3.63) is 123 Å². The fourth-order valence-corrected chi connectivity index (χ4v) is 4.99. The number of halogens is 3. The molecular formula is C31H20Cl3N3O5. The molecule has 4 aromatic rings. The lowest BCUT2D eigenvalue weighted by Crippen LogP contribution is -2.57. The lowest BCUT2D eigenvalue weighted by molar-refractivity contribution is -0.121. The standard InChI is InChI=1S/C31H20Cl3N3O5/c32-23-13-7-8-14-26(23)35-27(38)18-42-28-24(33)16-19(17-25(28)34)15-22-29(39)36(20-9-3-1-4-10-20)31(41)37(30(22)40)21-11-5-2-6-12-21/h1-17H,18H2,(H,35,38). The summed E-state index contributed by atoms with van der Waals surface area (Å²) in [6.45, 7) is -0.414. The zero-order chi connectivity index (χ0) is 29.8. The van der Waals surface area contributed by atoms with Crippen molar-refractivity contribution >= 4 is 81.7 Å². The Balaban J connectivity index is 1.44. The number of rotatable bonds is 7. The summed E-state index contributed by atoms with van der Waals surface area (Å²) < 4.78 is 5.56. The van der Waals surface area contributed by atoms with Crippen molar-refractivity contribution in [1.29, 1.82) is 0 Å². The molecule has 0 unspecified atom stereocenters. The van der Waals surface area contributed by atoms with E-state index in [0.717, 1.165) is 9.80 Å². The Labute approximate surface area is 255 Å². The first-order chi connectivity index (χ1) is 20.2. The summed E-state index contributed by atoms with van der Waals surface area (Å²) >= 11 is 18.9. The lowest BCUT2D eigenvalue weighted by atomic mass is 10.0. The van der Waals surface area contributed by atoms with Gasteiger partial charge < -0.3 is 10.1 Å². The van der Waals surface area contributed by atoms with Crippen molar-refractivity contribution in [2.24, 2.45) is 0 Å². The third kappa shape index (κ3) is 6.01. The van der Waals surface area contributed by atoms with Gasteiger partial charge in [-0.15, -0.1) is 0 Å². The van der Waals surface area contributed by atoms with Crippen LogP contribution in [0, 0.1) is 0 Å². The number of ether oxygens (including phenoxy) is 1. The molecule has 1 aliphatic heterocycles. The molecule has 5 rings (SSSR count). The molecule has 1 saturated heterocycles. The minimum absolute atomic E-state index is 0.0306. The van der Waals surface area contributed by atoms with Gasteiger partial charge in [-0.25, -0.2) is 14.6 Å². The second-order valence-electron chi connectivity index (χ2n) is 8.92. The summed E-state index contributed by atoms with van der Waals surface area (Å²) in [6, 6.07) is 25.3. The van der Waals surface area contributed by atoms with E-state index in [0.29, 0.717) is 27.6 Å². The van der Waals surface area contributed by atoms with Crippen LogP contribution in [0.4, 0.5) is 21.9 Å². The molecule has 0 atom stereocenters. The number of barbiturate groups is 1. The minimum atomic E-state index is -0.813. The molecule has 11 heteroatoms. The van der Waals surface area contributed by atoms with Gasteiger partial charge >= 0.3 is 6.03 Å². The van der Waals surface area contributed by atoms with E-state index < -0.39 is 30.4 Å². The molecule has 0 aromatic heterocycles. The molecular weight excluding hydrogens is 601 g/mol. The van der Waals surface area contributed by atoms with Gasteiger partial charge in [0.1, 0.15) is 5.57 Å². The van der Waals surface area contributed by atoms with E-state index in [4.69, 9.17) is 39.5 Å². The van der Waals surface area contributed by atoms with Gasteiger partial charge in [0.25, 0.3) is 17.7 Å². The summed E-state index contributed by atoms with van der Waals surface area (Å²) in [5.41, 5.74) is 1.01. The van der Waals surface area contributed by atoms with Crippen LogP contribution < -0.4 is 19.9 Å². The normalized spacial score (nSPS) is 13.3. The van der Waals surface area contributed by atoms with Crippen LogP contribution in [-0.2, 0) is 14.4 Å². The first-order valence-corrected chi connectivity index (χ1v) is 13.6. The van der Waals surface area contributed by atoms with Crippen LogP contribution in [0.5, 0.6) is 5.75 Å². The van der Waals surface area contributed by atoms with E-state index in [1.165, 1.54) is 18.2 Å². The summed E-state index contributed by atoms with van der Waals surface area (Å²) in [5, 5.41) is 3.06. The number of carbonyl (C=O) groups is 4. The van der Waals surface area contributed by atoms with Gasteiger partial charge in [0.15, 0.2) is 12.4 Å². The second-order valence-corrected chi connectivity index (χ2v) is 10.1. The number of hydrogen-bond donors (Lipinski definition) is 1. The third-order valence-corrected chi connectivity index (χ3v) is 7.00. The van der Waals surface area contributed by atoms with Crippen molar-refractivity contribution in [3.8, 4) is 5.75 Å². The molecule has 1 aliphatic rings. The average molecular weight is 621 g/mol. The zero-order valence-corrected chi connectivity index (χ0v) is 23.9. The van der Waals surface area contributed by atoms with Crippen LogP contribution in [0.3, 0.4) is 0 Å². The number of hydrogen-bond acceptors (Lipinski definition) is 5. The highest BCUT2D eigenvalue weighted by molar-refractivity contribution is 6.46. The van der Waals surface area contributed by atoms with Gasteiger partial charge in [-0.05, 0) is 60.2 Å². The highest BCUT2D eigenvalue weighted by atomic mass is 35.5. The Bertz CT molecular complexity index is 1640. The van der Waals surface area contributed by atoms with Gasteiger partial charge in [0.2, 0.25) is 0 Å². The van der Waals surface area contributed by atoms with Gasteiger partial charge in [0.05, 0.1) is 32.1 Å². The maximum Gasteiger partial charge on any atom is 0.343 e. The largest absolute Gasteiger partial charge is 0.481 e. The zero-order valence-electron chi connectivity index (χ0n) is 21.6. The average Bonchev–Trinajstić information content (AvgIpc) is 2.97. The summed E-state index contributed by atoms with van der Waals surface area (Å²) in [7, 11) is 0. The van der Waals surface area contributed by atoms with Crippen molar-refractivity contribution in [1.82, 2.24) is 0 Å². The van der Waals surface area contributed by atoms with E-state index in [2.05, 4.69) is 5.32 Å². The smallest absolute Gasteiger partial charge is 0.343 e. The molecule has 210 valence electrons. The second kappa shape index (κ2) is 12.5. The molecule has 0 aliphatic carbocycles. The van der Waals surface area contributed by atoms with Crippen LogP contribution in [0.15, 0.2) is 103 Å². The molecule has 8 nitrogen and oxygen atoms in total. The van der Waals surface area contributed by atoms with E-state index in [-0.39, 0.29) is 21.4 Å². The summed E-state index contributed by atoms with van der Waals surface area (Å²) in [6.07, 6.45) is 1.30. The minimum Gasteiger partial charge on any atom is -0.481 e. The number of carbonyl (C=O) groups excluding carboxylic acids is 4. The number of para-hydroxylation sites is 3. The van der Waals surface area contributed by atoms with Crippen molar-refractivity contribution in [2.45, 2.75) is 0 Å². The van der Waals surface area contributed by atoms with Crippen molar-refractivity contribution in [3.63, 3.8) is 0 Å². The van der Waals surface area contributed by atoms with Gasteiger partial charge in [-0.3, -0.25) is 14.4 Å². The number of imide groups is 2. The first-order valence-electron chi connectivity index (χ1n) is 12.5. The van der Waals surface area contributed by atoms with E-state index in [1.54, 1.807) is 84.9 Å². The molecule has 0 bridgehead atoms. The van der Waals surface area contributed by atoms with Gasteiger partial charge in [0, 0.05) is 0 Å². The van der Waals surface area contributed by atoms with E-state index in [1.807, 2.05) is 0 Å². The predicted molar refractivity (Wildman–Crippen MR) is 163 cm³/mol. The van der Waals surface area contributed by atoms with Gasteiger partial charge in [-0.1, -0.05) is 83.3 Å². The monoisotopic (exact) mass is 619 g/mol. The molecule has 42 heavy (non-hydrogen) atoms. The molecule has 1 heterocycles. The highest BCUT2D eigenvalue weighted by Crippen LogP contribution is 2.36. The van der Waals surface area contributed by atoms with E-state index >= 15 is 0 Å². The Kier molecular flexibility index (Phi) is 8.59. The number of nitrogens with zero attached hydrogens (tertiary/aromatic N) is 2. The van der Waals surface area contributed by atoms with Crippen LogP contribution in [0.2, 0.25) is 15.1 Å². The Morgan fingerprint density at radius 1 is 0.714 bits per heavy atom. The molecule has 5 amide bonds. The molecule has 4 aromatic carbocycles. The lowest BCUT2D eigenvalue weighted by Gasteiger charge is -2.33. The van der Waals surface area contributed by atoms with Crippen LogP contribution in [0.1, 0.15) is 5.56 Å². The Morgan fingerprint density at radius 2 is 1.21 bits per heavy atom. The SMILES string of the molecule is O=C(COc1c(Cl)cc(C=C2C(=O)N(c3ccccc3)C(=O)N(c3ccccc3)C2=O)cc1Cl)Nc1ccccc1Cl. The maximum atomic E-state index is 13.6. The molecule has 1 fully saturated rings. The quantitative estimate of drug-likeness (QED) is 0.173. The fourth-order valence-electron chi connectivity index (χ4n) is 4.19. The number of benzene rings is 4. The van der Waals surface area contributed by atoms with Crippen molar-refractivity contribution < 1.29 is 23.9 Å². The van der Waals surface area contributed by atoms with Crippen LogP contribution >= 0.6 is 34.8 Å². The Hall–Kier alpha value is -4.63. The number of urea groups is 1. The number of amides is 5. The summed E-state index contributed by atoms with van der Waals surface area (Å²) in [4.78, 5) is 54.8. The molecule has 0 saturated carbocycles.